The highest BCUT2D eigenvalue weighted by molar-refractivity contribution is 7.90. The van der Waals surface area contributed by atoms with Gasteiger partial charge in [0.15, 0.2) is 0 Å². The summed E-state index contributed by atoms with van der Waals surface area (Å²) in [6.07, 6.45) is 0. The predicted octanol–water partition coefficient (Wildman–Crippen LogP) is 3.12. The van der Waals surface area contributed by atoms with Crippen LogP contribution in [-0.4, -0.2) is 21.4 Å². The molecule has 1 amide bonds. The van der Waals surface area contributed by atoms with Gasteiger partial charge < -0.3 is 5.32 Å². The first-order valence-corrected chi connectivity index (χ1v) is 8.62. The van der Waals surface area contributed by atoms with Crippen LogP contribution in [0.3, 0.4) is 0 Å². The van der Waals surface area contributed by atoms with E-state index in [1.54, 1.807) is 18.2 Å². The maximum atomic E-state index is 12.2. The van der Waals surface area contributed by atoms with Crippen LogP contribution in [-0.2, 0) is 10.2 Å². The van der Waals surface area contributed by atoms with Crippen molar-refractivity contribution in [2.45, 2.75) is 0 Å². The third-order valence-corrected chi connectivity index (χ3v) is 4.44. The molecule has 2 aromatic carbocycles. The third kappa shape index (κ3) is 4.84. The molecule has 23 heavy (non-hydrogen) atoms. The summed E-state index contributed by atoms with van der Waals surface area (Å²) in [5, 5.41) is 3.34. The second kappa shape index (κ2) is 7.18. The Morgan fingerprint density at radius 1 is 1.00 bits per heavy atom. The number of carbonyl (C=O) groups excluding carboxylic acids is 1. The van der Waals surface area contributed by atoms with Gasteiger partial charge >= 0.3 is 0 Å². The van der Waals surface area contributed by atoms with Crippen molar-refractivity contribution in [3.05, 3.63) is 58.1 Å². The number of carbonyl (C=O) groups is 1. The highest BCUT2D eigenvalue weighted by atomic mass is 35.5. The van der Waals surface area contributed by atoms with Gasteiger partial charge in [-0.15, -0.1) is 0 Å². The van der Waals surface area contributed by atoms with Gasteiger partial charge in [-0.05, 0) is 42.5 Å². The fraction of sp³-hybridized carbons (Fsp3) is 0.0714. The number of amides is 1. The van der Waals surface area contributed by atoms with E-state index in [0.717, 1.165) is 0 Å². The van der Waals surface area contributed by atoms with E-state index in [0.29, 0.717) is 16.4 Å². The molecule has 9 heteroatoms. The van der Waals surface area contributed by atoms with Gasteiger partial charge in [0, 0.05) is 23.4 Å². The van der Waals surface area contributed by atoms with Gasteiger partial charge in [0.25, 0.3) is 16.1 Å². The number of hydrogen-bond donors (Lipinski definition) is 3. The molecule has 6 nitrogen and oxygen atoms in total. The average molecular weight is 374 g/mol. The predicted molar refractivity (Wildman–Crippen MR) is 92.5 cm³/mol. The van der Waals surface area contributed by atoms with Crippen LogP contribution in [0.15, 0.2) is 42.5 Å². The van der Waals surface area contributed by atoms with Gasteiger partial charge in [-0.3, -0.25) is 9.52 Å². The fourth-order valence-corrected chi connectivity index (χ4v) is 2.62. The number of rotatable bonds is 5. The van der Waals surface area contributed by atoms with Crippen molar-refractivity contribution in [2.75, 3.05) is 17.1 Å². The summed E-state index contributed by atoms with van der Waals surface area (Å²) in [5.74, 6) is -0.416. The smallest absolute Gasteiger partial charge is 0.298 e. The maximum absolute atomic E-state index is 12.2. The standard InChI is InChI=1S/C14H13Cl2N3O3S/c1-17-23(21,22)19-11-5-3-10(4-6-11)18-14(20)12-8-9(15)2-7-13(12)16/h2-8,17,19H,1H3,(H,18,20). The molecule has 0 heterocycles. The molecule has 3 N–H and O–H groups in total. The molecule has 122 valence electrons. The average Bonchev–Trinajstić information content (AvgIpc) is 2.51. The SMILES string of the molecule is CNS(=O)(=O)Nc1ccc(NC(=O)c2cc(Cl)ccc2Cl)cc1. The number of benzene rings is 2. The Labute approximate surface area is 144 Å². The van der Waals surface area contributed by atoms with E-state index in [4.69, 9.17) is 23.2 Å². The summed E-state index contributed by atoms with van der Waals surface area (Å²) >= 11 is 11.8. The molecule has 0 aliphatic heterocycles. The summed E-state index contributed by atoms with van der Waals surface area (Å²) in [5.41, 5.74) is 1.09. The molecular weight excluding hydrogens is 361 g/mol. The van der Waals surface area contributed by atoms with Gasteiger partial charge in [0.2, 0.25) is 0 Å². The zero-order chi connectivity index (χ0) is 17.0. The Morgan fingerprint density at radius 3 is 2.22 bits per heavy atom. The number of nitrogens with one attached hydrogen (secondary N) is 3. The first kappa shape index (κ1) is 17.6. The number of halogens is 2. The second-order valence-corrected chi connectivity index (χ2v) is 6.93. The minimum Gasteiger partial charge on any atom is -0.322 e. The monoisotopic (exact) mass is 373 g/mol. The zero-order valence-electron chi connectivity index (χ0n) is 11.9. The number of anilines is 2. The van der Waals surface area contributed by atoms with Crippen molar-refractivity contribution in [1.82, 2.24) is 4.72 Å². The van der Waals surface area contributed by atoms with E-state index < -0.39 is 16.1 Å². The molecule has 0 bridgehead atoms. The summed E-state index contributed by atoms with van der Waals surface area (Å²) in [6.45, 7) is 0. The zero-order valence-corrected chi connectivity index (χ0v) is 14.3. The van der Waals surface area contributed by atoms with Crippen LogP contribution in [0.4, 0.5) is 11.4 Å². The highest BCUT2D eigenvalue weighted by Crippen LogP contribution is 2.22. The van der Waals surface area contributed by atoms with Crippen LogP contribution in [0, 0.1) is 0 Å². The van der Waals surface area contributed by atoms with Crippen molar-refractivity contribution >= 4 is 50.7 Å². The van der Waals surface area contributed by atoms with Gasteiger partial charge in [-0.25, -0.2) is 4.72 Å². The second-order valence-electron chi connectivity index (χ2n) is 4.47. The largest absolute Gasteiger partial charge is 0.322 e. The van der Waals surface area contributed by atoms with E-state index in [1.165, 1.54) is 31.3 Å². The molecule has 2 aromatic rings. The third-order valence-electron chi connectivity index (χ3n) is 2.84. The van der Waals surface area contributed by atoms with Crippen molar-refractivity contribution < 1.29 is 13.2 Å². The molecule has 0 atom stereocenters. The molecular formula is C14H13Cl2N3O3S. The molecule has 0 unspecified atom stereocenters. The summed E-state index contributed by atoms with van der Waals surface area (Å²) in [6, 6.07) is 10.7. The summed E-state index contributed by atoms with van der Waals surface area (Å²) < 4.78 is 27.2. The summed E-state index contributed by atoms with van der Waals surface area (Å²) in [7, 11) is -2.28. The molecule has 0 radical (unpaired) electrons. The van der Waals surface area contributed by atoms with Crippen LogP contribution >= 0.6 is 23.2 Å². The maximum Gasteiger partial charge on any atom is 0.298 e. The minimum absolute atomic E-state index is 0.249. The quantitative estimate of drug-likeness (QED) is 0.752. The highest BCUT2D eigenvalue weighted by Gasteiger charge is 2.12. The van der Waals surface area contributed by atoms with Crippen LogP contribution in [0.25, 0.3) is 0 Å². The lowest BCUT2D eigenvalue weighted by Gasteiger charge is -2.09. The Bertz CT molecular complexity index is 824. The van der Waals surface area contributed by atoms with Crippen molar-refractivity contribution in [3.63, 3.8) is 0 Å². The van der Waals surface area contributed by atoms with E-state index in [1.807, 2.05) is 0 Å². The molecule has 0 saturated heterocycles. The van der Waals surface area contributed by atoms with Crippen molar-refractivity contribution in [1.29, 1.82) is 0 Å². The van der Waals surface area contributed by atoms with E-state index in [-0.39, 0.29) is 10.6 Å². The van der Waals surface area contributed by atoms with Crippen molar-refractivity contribution in [3.8, 4) is 0 Å². The van der Waals surface area contributed by atoms with Gasteiger partial charge in [-0.2, -0.15) is 8.42 Å². The summed E-state index contributed by atoms with van der Waals surface area (Å²) in [4.78, 5) is 12.2. The van der Waals surface area contributed by atoms with E-state index in [9.17, 15) is 13.2 Å². The lowest BCUT2D eigenvalue weighted by atomic mass is 10.2. The molecule has 0 aliphatic carbocycles. The Morgan fingerprint density at radius 2 is 1.61 bits per heavy atom. The first-order chi connectivity index (χ1) is 10.8. The minimum atomic E-state index is -3.58. The lowest BCUT2D eigenvalue weighted by Crippen LogP contribution is -2.26. The molecule has 2 rings (SSSR count). The van der Waals surface area contributed by atoms with E-state index >= 15 is 0 Å². The van der Waals surface area contributed by atoms with Crippen molar-refractivity contribution in [2.24, 2.45) is 0 Å². The van der Waals surface area contributed by atoms with Gasteiger partial charge in [0.05, 0.1) is 10.6 Å². The van der Waals surface area contributed by atoms with Crippen LogP contribution in [0.2, 0.25) is 10.0 Å². The molecule has 0 aromatic heterocycles. The first-order valence-electron chi connectivity index (χ1n) is 6.38. The Balaban J connectivity index is 2.12. The molecule has 0 saturated carbocycles. The molecule has 0 aliphatic rings. The number of hydrogen-bond acceptors (Lipinski definition) is 3. The normalized spacial score (nSPS) is 11.1. The van der Waals surface area contributed by atoms with E-state index in [2.05, 4.69) is 14.8 Å². The lowest BCUT2D eigenvalue weighted by molar-refractivity contribution is 0.102. The van der Waals surface area contributed by atoms with Crippen LogP contribution in [0.1, 0.15) is 10.4 Å². The Kier molecular flexibility index (Phi) is 5.48. The van der Waals surface area contributed by atoms with Gasteiger partial charge in [-0.1, -0.05) is 23.2 Å². The fourth-order valence-electron chi connectivity index (χ4n) is 1.70. The van der Waals surface area contributed by atoms with Crippen LogP contribution < -0.4 is 14.8 Å². The van der Waals surface area contributed by atoms with Crippen LogP contribution in [0.5, 0.6) is 0 Å². The Hall–Kier alpha value is -1.80. The topological polar surface area (TPSA) is 87.3 Å². The van der Waals surface area contributed by atoms with Gasteiger partial charge in [0.1, 0.15) is 0 Å². The molecule has 0 fully saturated rings. The molecule has 0 spiro atoms.